The van der Waals surface area contributed by atoms with Crippen molar-refractivity contribution in [2.75, 3.05) is 13.7 Å². The summed E-state index contributed by atoms with van der Waals surface area (Å²) in [7, 11) is 1.65. The largest absolute Gasteiger partial charge is 0.497 e. The number of rotatable bonds is 4. The molecule has 1 aromatic heterocycles. The van der Waals surface area contributed by atoms with Crippen molar-refractivity contribution in [3.8, 4) is 11.6 Å². The second-order valence-corrected chi connectivity index (χ2v) is 4.98. The predicted octanol–water partition coefficient (Wildman–Crippen LogP) is 2.36. The van der Waals surface area contributed by atoms with Gasteiger partial charge in [0.25, 0.3) is 0 Å². The molecule has 96 valence electrons. The van der Waals surface area contributed by atoms with Gasteiger partial charge in [-0.1, -0.05) is 0 Å². The standard InChI is InChI=1S/C14H18N2O2/c1-14(2,15)9-18-13-12-5-4-11(17-3)8-10(12)6-7-16-13/h4-8H,9,15H2,1-3H3. The Hall–Kier alpha value is -1.81. The molecule has 2 N–H and O–H groups in total. The molecule has 0 atom stereocenters. The second kappa shape index (κ2) is 4.82. The fourth-order valence-corrected chi connectivity index (χ4v) is 1.62. The number of pyridine rings is 1. The van der Waals surface area contributed by atoms with Gasteiger partial charge in [0.2, 0.25) is 5.88 Å². The summed E-state index contributed by atoms with van der Waals surface area (Å²) in [5.41, 5.74) is 5.52. The zero-order valence-corrected chi connectivity index (χ0v) is 10.9. The van der Waals surface area contributed by atoms with Crippen LogP contribution in [-0.4, -0.2) is 24.2 Å². The monoisotopic (exact) mass is 246 g/mol. The SMILES string of the molecule is COc1ccc2c(OCC(C)(C)N)nccc2c1. The summed E-state index contributed by atoms with van der Waals surface area (Å²) < 4.78 is 10.9. The summed E-state index contributed by atoms with van der Waals surface area (Å²) in [5, 5.41) is 2.00. The second-order valence-electron chi connectivity index (χ2n) is 4.98. The molecule has 0 spiro atoms. The fraction of sp³-hybridized carbons (Fsp3) is 0.357. The van der Waals surface area contributed by atoms with Crippen LogP contribution in [0.2, 0.25) is 0 Å². The quantitative estimate of drug-likeness (QED) is 0.899. The molecule has 2 aromatic rings. The van der Waals surface area contributed by atoms with Gasteiger partial charge >= 0.3 is 0 Å². The van der Waals surface area contributed by atoms with Crippen LogP contribution in [0.15, 0.2) is 30.5 Å². The molecule has 0 saturated carbocycles. The van der Waals surface area contributed by atoms with Gasteiger partial charge < -0.3 is 15.2 Å². The first-order valence-corrected chi connectivity index (χ1v) is 5.84. The summed E-state index contributed by atoms with van der Waals surface area (Å²) in [5.74, 6) is 1.42. The molecule has 0 bridgehead atoms. The molecule has 4 nitrogen and oxygen atoms in total. The first-order valence-electron chi connectivity index (χ1n) is 5.84. The van der Waals surface area contributed by atoms with E-state index in [1.165, 1.54) is 0 Å². The molecule has 0 fully saturated rings. The van der Waals surface area contributed by atoms with Crippen LogP contribution in [0.5, 0.6) is 11.6 Å². The number of aromatic nitrogens is 1. The van der Waals surface area contributed by atoms with E-state index in [0.717, 1.165) is 16.5 Å². The van der Waals surface area contributed by atoms with E-state index < -0.39 is 0 Å². The number of hydrogen-bond donors (Lipinski definition) is 1. The molecule has 2 rings (SSSR count). The number of ether oxygens (including phenoxy) is 2. The predicted molar refractivity (Wildman–Crippen MR) is 72.1 cm³/mol. The number of hydrogen-bond acceptors (Lipinski definition) is 4. The van der Waals surface area contributed by atoms with Gasteiger partial charge in [0.15, 0.2) is 0 Å². The summed E-state index contributed by atoms with van der Waals surface area (Å²) in [6.07, 6.45) is 1.72. The number of benzene rings is 1. The molecule has 4 heteroatoms. The Morgan fingerprint density at radius 3 is 2.72 bits per heavy atom. The minimum absolute atomic E-state index is 0.379. The van der Waals surface area contributed by atoms with Gasteiger partial charge in [-0.15, -0.1) is 0 Å². The van der Waals surface area contributed by atoms with Crippen molar-refractivity contribution in [3.05, 3.63) is 30.5 Å². The van der Waals surface area contributed by atoms with Crippen molar-refractivity contribution >= 4 is 10.8 Å². The maximum absolute atomic E-state index is 5.90. The highest BCUT2D eigenvalue weighted by Gasteiger charge is 2.13. The van der Waals surface area contributed by atoms with Crippen molar-refractivity contribution in [3.63, 3.8) is 0 Å². The maximum Gasteiger partial charge on any atom is 0.221 e. The third kappa shape index (κ3) is 2.90. The highest BCUT2D eigenvalue weighted by molar-refractivity contribution is 5.87. The maximum atomic E-state index is 5.90. The third-order valence-corrected chi connectivity index (χ3v) is 2.52. The molecular weight excluding hydrogens is 228 g/mol. The van der Waals surface area contributed by atoms with Crippen LogP contribution in [0.4, 0.5) is 0 Å². The average molecular weight is 246 g/mol. The number of nitrogens with two attached hydrogens (primary N) is 1. The van der Waals surface area contributed by atoms with Gasteiger partial charge in [0.1, 0.15) is 12.4 Å². The molecule has 1 heterocycles. The van der Waals surface area contributed by atoms with Crippen molar-refractivity contribution in [2.45, 2.75) is 19.4 Å². The Bertz CT molecular complexity index is 547. The van der Waals surface area contributed by atoms with E-state index in [9.17, 15) is 0 Å². The molecule has 0 unspecified atom stereocenters. The van der Waals surface area contributed by atoms with Gasteiger partial charge in [-0.3, -0.25) is 0 Å². The Kier molecular flexibility index (Phi) is 3.39. The van der Waals surface area contributed by atoms with E-state index in [4.69, 9.17) is 15.2 Å². The highest BCUT2D eigenvalue weighted by atomic mass is 16.5. The topological polar surface area (TPSA) is 57.4 Å². The Morgan fingerprint density at radius 1 is 1.28 bits per heavy atom. The molecule has 18 heavy (non-hydrogen) atoms. The van der Waals surface area contributed by atoms with Gasteiger partial charge in [-0.2, -0.15) is 0 Å². The third-order valence-electron chi connectivity index (χ3n) is 2.52. The summed E-state index contributed by atoms with van der Waals surface area (Å²) in [4.78, 5) is 4.25. The van der Waals surface area contributed by atoms with Gasteiger partial charge in [-0.05, 0) is 43.5 Å². The minimum atomic E-state index is -0.379. The lowest BCUT2D eigenvalue weighted by Gasteiger charge is -2.19. The van der Waals surface area contributed by atoms with E-state index in [2.05, 4.69) is 4.98 Å². The number of nitrogens with zero attached hydrogens (tertiary/aromatic N) is 1. The molecule has 0 aliphatic heterocycles. The smallest absolute Gasteiger partial charge is 0.221 e. The van der Waals surface area contributed by atoms with Crippen LogP contribution >= 0.6 is 0 Å². The lowest BCUT2D eigenvalue weighted by atomic mass is 10.1. The van der Waals surface area contributed by atoms with E-state index >= 15 is 0 Å². The summed E-state index contributed by atoms with van der Waals surface area (Å²) in [6.45, 7) is 4.26. The van der Waals surface area contributed by atoms with Gasteiger partial charge in [-0.25, -0.2) is 4.98 Å². The minimum Gasteiger partial charge on any atom is -0.497 e. The molecule has 1 aromatic carbocycles. The first kappa shape index (κ1) is 12.6. The van der Waals surface area contributed by atoms with Crippen LogP contribution in [0, 0.1) is 0 Å². The van der Waals surface area contributed by atoms with E-state index in [-0.39, 0.29) is 5.54 Å². The molecule has 0 radical (unpaired) electrons. The molecule has 0 amide bonds. The Labute approximate surface area is 107 Å². The zero-order chi connectivity index (χ0) is 13.2. The van der Waals surface area contributed by atoms with Gasteiger partial charge in [0, 0.05) is 17.1 Å². The van der Waals surface area contributed by atoms with Crippen molar-refractivity contribution in [1.29, 1.82) is 0 Å². The lowest BCUT2D eigenvalue weighted by molar-refractivity contribution is 0.238. The number of fused-ring (bicyclic) bond motifs is 1. The van der Waals surface area contributed by atoms with Crippen LogP contribution in [0.25, 0.3) is 10.8 Å². The summed E-state index contributed by atoms with van der Waals surface area (Å²) >= 11 is 0. The highest BCUT2D eigenvalue weighted by Crippen LogP contribution is 2.26. The molecule has 0 aliphatic carbocycles. The summed E-state index contributed by atoms with van der Waals surface area (Å²) in [6, 6.07) is 7.72. The van der Waals surface area contributed by atoms with E-state index in [1.54, 1.807) is 13.3 Å². The normalized spacial score (nSPS) is 11.6. The zero-order valence-electron chi connectivity index (χ0n) is 10.9. The van der Waals surface area contributed by atoms with Crippen LogP contribution in [0.1, 0.15) is 13.8 Å². The molecular formula is C14H18N2O2. The average Bonchev–Trinajstić information content (AvgIpc) is 2.34. The van der Waals surface area contributed by atoms with Crippen LogP contribution < -0.4 is 15.2 Å². The Morgan fingerprint density at radius 2 is 2.06 bits per heavy atom. The molecule has 0 saturated heterocycles. The fourth-order valence-electron chi connectivity index (χ4n) is 1.62. The Balaban J connectivity index is 2.34. The van der Waals surface area contributed by atoms with Crippen LogP contribution in [-0.2, 0) is 0 Å². The molecule has 0 aliphatic rings. The van der Waals surface area contributed by atoms with E-state index in [1.807, 2.05) is 38.1 Å². The van der Waals surface area contributed by atoms with Crippen molar-refractivity contribution in [2.24, 2.45) is 5.73 Å². The van der Waals surface area contributed by atoms with E-state index in [0.29, 0.717) is 12.5 Å². The van der Waals surface area contributed by atoms with Gasteiger partial charge in [0.05, 0.1) is 7.11 Å². The van der Waals surface area contributed by atoms with Crippen molar-refractivity contribution < 1.29 is 9.47 Å². The number of methoxy groups -OCH3 is 1. The first-order chi connectivity index (χ1) is 8.49. The lowest BCUT2D eigenvalue weighted by Crippen LogP contribution is -2.38. The van der Waals surface area contributed by atoms with Crippen LogP contribution in [0.3, 0.4) is 0 Å². The van der Waals surface area contributed by atoms with Crippen molar-refractivity contribution in [1.82, 2.24) is 4.98 Å².